The van der Waals surface area contributed by atoms with E-state index in [2.05, 4.69) is 9.80 Å². The summed E-state index contributed by atoms with van der Waals surface area (Å²) in [6, 6.07) is 0. The second-order valence-corrected chi connectivity index (χ2v) is 4.34. The third-order valence-electron chi connectivity index (χ3n) is 3.10. The van der Waals surface area contributed by atoms with E-state index < -0.39 is 0 Å². The van der Waals surface area contributed by atoms with Crippen LogP contribution in [0.2, 0.25) is 0 Å². The molecule has 0 saturated carbocycles. The van der Waals surface area contributed by atoms with Crippen molar-refractivity contribution in [2.75, 3.05) is 32.8 Å². The number of hydrogen-bond donors (Lipinski definition) is 1. The van der Waals surface area contributed by atoms with E-state index in [0.717, 1.165) is 26.2 Å². The maximum Gasteiger partial charge on any atom is 0.0679 e. The molecule has 1 atom stereocenters. The van der Waals surface area contributed by atoms with E-state index in [4.69, 9.17) is 0 Å². The molecular formula is C10H20N2O. The molecule has 0 aromatic heterocycles. The van der Waals surface area contributed by atoms with Crippen molar-refractivity contribution < 1.29 is 5.11 Å². The first-order valence-corrected chi connectivity index (χ1v) is 5.47. The standard InChI is InChI=1S/C10H20N2O/c13-10-4-7-12(8-10)9-11-5-2-1-3-6-11/h10,13H,1-9H2/t10-/m1/s1. The zero-order valence-corrected chi connectivity index (χ0v) is 8.28. The van der Waals surface area contributed by atoms with Crippen LogP contribution in [0.4, 0.5) is 0 Å². The number of hydrogen-bond acceptors (Lipinski definition) is 3. The summed E-state index contributed by atoms with van der Waals surface area (Å²) in [5, 5.41) is 9.37. The number of aliphatic hydroxyl groups is 1. The van der Waals surface area contributed by atoms with Crippen molar-refractivity contribution in [3.8, 4) is 0 Å². The van der Waals surface area contributed by atoms with E-state index >= 15 is 0 Å². The lowest BCUT2D eigenvalue weighted by atomic mass is 10.1. The van der Waals surface area contributed by atoms with Gasteiger partial charge in [-0.1, -0.05) is 6.42 Å². The van der Waals surface area contributed by atoms with Gasteiger partial charge in [0.05, 0.1) is 12.8 Å². The largest absolute Gasteiger partial charge is 0.392 e. The number of β-amino-alcohol motifs (C(OH)–C–C–N with tert-alkyl or cyclic N) is 1. The number of aliphatic hydroxyl groups excluding tert-OH is 1. The number of rotatable bonds is 2. The highest BCUT2D eigenvalue weighted by Gasteiger charge is 2.22. The zero-order chi connectivity index (χ0) is 9.10. The predicted octanol–water partition coefficient (Wildman–Crippen LogP) is 0.496. The Balaban J connectivity index is 1.71. The average molecular weight is 184 g/mol. The molecule has 0 aromatic rings. The van der Waals surface area contributed by atoms with Crippen molar-refractivity contribution in [2.24, 2.45) is 0 Å². The van der Waals surface area contributed by atoms with E-state index in [0.29, 0.717) is 0 Å². The molecule has 2 rings (SSSR count). The molecule has 0 bridgehead atoms. The minimum Gasteiger partial charge on any atom is -0.392 e. The van der Waals surface area contributed by atoms with E-state index in [1.165, 1.54) is 32.4 Å². The summed E-state index contributed by atoms with van der Waals surface area (Å²) in [5.74, 6) is 0. The Hall–Kier alpha value is -0.120. The Morgan fingerprint density at radius 1 is 1.00 bits per heavy atom. The van der Waals surface area contributed by atoms with Gasteiger partial charge in [0.15, 0.2) is 0 Å². The van der Waals surface area contributed by atoms with Crippen LogP contribution in [0.1, 0.15) is 25.7 Å². The lowest BCUT2D eigenvalue weighted by Gasteiger charge is -2.30. The summed E-state index contributed by atoms with van der Waals surface area (Å²) < 4.78 is 0. The molecule has 2 saturated heterocycles. The molecular weight excluding hydrogens is 164 g/mol. The number of nitrogens with zero attached hydrogens (tertiary/aromatic N) is 2. The lowest BCUT2D eigenvalue weighted by Crippen LogP contribution is -2.39. The molecule has 0 unspecified atom stereocenters. The first kappa shape index (κ1) is 9.44. The first-order chi connectivity index (χ1) is 6.34. The van der Waals surface area contributed by atoms with Crippen molar-refractivity contribution in [3.05, 3.63) is 0 Å². The molecule has 2 heterocycles. The lowest BCUT2D eigenvalue weighted by molar-refractivity contribution is 0.113. The van der Waals surface area contributed by atoms with Gasteiger partial charge in [-0.25, -0.2) is 0 Å². The van der Waals surface area contributed by atoms with Crippen LogP contribution in [0, 0.1) is 0 Å². The van der Waals surface area contributed by atoms with Gasteiger partial charge in [-0.05, 0) is 32.4 Å². The molecule has 1 N–H and O–H groups in total. The highest BCUT2D eigenvalue weighted by molar-refractivity contribution is 4.75. The summed E-state index contributed by atoms with van der Waals surface area (Å²) in [5.41, 5.74) is 0. The van der Waals surface area contributed by atoms with E-state index in [1.54, 1.807) is 0 Å². The van der Waals surface area contributed by atoms with Gasteiger partial charge in [-0.2, -0.15) is 0 Å². The van der Waals surface area contributed by atoms with Gasteiger partial charge in [0.1, 0.15) is 0 Å². The smallest absolute Gasteiger partial charge is 0.0679 e. The molecule has 0 aromatic carbocycles. The van der Waals surface area contributed by atoms with Gasteiger partial charge < -0.3 is 5.11 Å². The molecule has 0 radical (unpaired) electrons. The fraction of sp³-hybridized carbons (Fsp3) is 1.00. The molecule has 2 fully saturated rings. The minimum absolute atomic E-state index is 0.0650. The highest BCUT2D eigenvalue weighted by atomic mass is 16.3. The Bertz CT molecular complexity index is 154. The van der Waals surface area contributed by atoms with Crippen LogP contribution in [-0.4, -0.2) is 53.9 Å². The summed E-state index contributed by atoms with van der Waals surface area (Å²) in [4.78, 5) is 4.89. The SMILES string of the molecule is O[C@@H]1CCN(CN2CCCCC2)C1. The molecule has 0 amide bonds. The van der Waals surface area contributed by atoms with Crippen molar-refractivity contribution in [2.45, 2.75) is 31.8 Å². The van der Waals surface area contributed by atoms with Crippen molar-refractivity contribution in [1.29, 1.82) is 0 Å². The van der Waals surface area contributed by atoms with Gasteiger partial charge >= 0.3 is 0 Å². The molecule has 2 aliphatic heterocycles. The average Bonchev–Trinajstić information content (AvgIpc) is 2.53. The molecule has 13 heavy (non-hydrogen) atoms. The topological polar surface area (TPSA) is 26.7 Å². The van der Waals surface area contributed by atoms with Gasteiger partial charge in [-0.15, -0.1) is 0 Å². The van der Waals surface area contributed by atoms with Crippen molar-refractivity contribution in [3.63, 3.8) is 0 Å². The van der Waals surface area contributed by atoms with E-state index in [1.807, 2.05) is 0 Å². The van der Waals surface area contributed by atoms with Crippen LogP contribution in [0.25, 0.3) is 0 Å². The summed E-state index contributed by atoms with van der Waals surface area (Å²) in [6.45, 7) is 5.56. The van der Waals surface area contributed by atoms with Gasteiger partial charge in [0, 0.05) is 13.1 Å². The molecule has 3 heteroatoms. The van der Waals surface area contributed by atoms with E-state index in [9.17, 15) is 5.11 Å². The van der Waals surface area contributed by atoms with Gasteiger partial charge in [0.25, 0.3) is 0 Å². The molecule has 76 valence electrons. The Morgan fingerprint density at radius 3 is 2.38 bits per heavy atom. The number of likely N-dealkylation sites (tertiary alicyclic amines) is 2. The predicted molar refractivity (Wildman–Crippen MR) is 52.5 cm³/mol. The maximum absolute atomic E-state index is 9.37. The van der Waals surface area contributed by atoms with Crippen molar-refractivity contribution >= 4 is 0 Å². The van der Waals surface area contributed by atoms with Gasteiger partial charge in [0.2, 0.25) is 0 Å². The summed E-state index contributed by atoms with van der Waals surface area (Å²) >= 11 is 0. The molecule has 0 aliphatic carbocycles. The number of piperidine rings is 1. The van der Waals surface area contributed by atoms with E-state index in [-0.39, 0.29) is 6.10 Å². The van der Waals surface area contributed by atoms with Crippen LogP contribution < -0.4 is 0 Å². The molecule has 3 nitrogen and oxygen atoms in total. The Morgan fingerprint density at radius 2 is 1.77 bits per heavy atom. The minimum atomic E-state index is -0.0650. The fourth-order valence-electron chi connectivity index (χ4n) is 2.32. The van der Waals surface area contributed by atoms with Crippen LogP contribution in [0.5, 0.6) is 0 Å². The Labute approximate surface area is 80.3 Å². The summed E-state index contributed by atoms with van der Waals surface area (Å²) in [7, 11) is 0. The van der Waals surface area contributed by atoms with Crippen LogP contribution in [-0.2, 0) is 0 Å². The van der Waals surface area contributed by atoms with Crippen LogP contribution in [0.15, 0.2) is 0 Å². The monoisotopic (exact) mass is 184 g/mol. The molecule has 2 aliphatic rings. The van der Waals surface area contributed by atoms with Crippen LogP contribution in [0.3, 0.4) is 0 Å². The quantitative estimate of drug-likeness (QED) is 0.677. The second kappa shape index (κ2) is 4.40. The fourth-order valence-corrected chi connectivity index (χ4v) is 2.32. The summed E-state index contributed by atoms with van der Waals surface area (Å²) in [6.07, 6.45) is 5.02. The third kappa shape index (κ3) is 2.66. The maximum atomic E-state index is 9.37. The molecule has 0 spiro atoms. The van der Waals surface area contributed by atoms with Crippen LogP contribution >= 0.6 is 0 Å². The highest BCUT2D eigenvalue weighted by Crippen LogP contribution is 2.13. The first-order valence-electron chi connectivity index (χ1n) is 5.47. The zero-order valence-electron chi connectivity index (χ0n) is 8.28. The Kier molecular flexibility index (Phi) is 3.19. The normalized spacial score (nSPS) is 32.5. The van der Waals surface area contributed by atoms with Gasteiger partial charge in [-0.3, -0.25) is 9.80 Å². The van der Waals surface area contributed by atoms with Crippen molar-refractivity contribution in [1.82, 2.24) is 9.80 Å². The third-order valence-corrected chi connectivity index (χ3v) is 3.10. The second-order valence-electron chi connectivity index (χ2n) is 4.34.